The Balaban J connectivity index is 1.92. The van der Waals surface area contributed by atoms with Crippen molar-refractivity contribution >= 4 is 6.29 Å². The molecule has 1 aromatic heterocycles. The highest BCUT2D eigenvalue weighted by Crippen LogP contribution is 2.35. The van der Waals surface area contributed by atoms with Gasteiger partial charge < -0.3 is 9.47 Å². The van der Waals surface area contributed by atoms with Gasteiger partial charge in [0.1, 0.15) is 11.5 Å². The lowest BCUT2D eigenvalue weighted by Gasteiger charge is -2.08. The highest BCUT2D eigenvalue weighted by Gasteiger charge is 2.21. The molecule has 4 rings (SSSR count). The monoisotopic (exact) mass is 311 g/mol. The van der Waals surface area contributed by atoms with Crippen LogP contribution < -0.4 is 9.47 Å². The largest absolute Gasteiger partial charge is 0.454 e. The molecule has 0 saturated heterocycles. The maximum atomic E-state index is 14.2. The molecule has 2 heterocycles. The smallest absolute Gasteiger partial charge is 0.231 e. The Morgan fingerprint density at radius 3 is 2.78 bits per heavy atom. The summed E-state index contributed by atoms with van der Waals surface area (Å²) in [7, 11) is 0. The van der Waals surface area contributed by atoms with Crippen molar-refractivity contribution in [3.8, 4) is 28.4 Å². The van der Waals surface area contributed by atoms with Crippen LogP contribution in [0.25, 0.3) is 16.9 Å². The molecule has 6 nitrogen and oxygen atoms in total. The number of nitrogens with zero attached hydrogens (tertiary/aromatic N) is 3. The second-order valence-electron chi connectivity index (χ2n) is 4.87. The number of hydrogen-bond acceptors (Lipinski definition) is 5. The predicted molar refractivity (Wildman–Crippen MR) is 78.3 cm³/mol. The first-order valence-electron chi connectivity index (χ1n) is 6.84. The SMILES string of the molecule is O=Cc1nnn(-c2ccc3c(c2)OCO3)c1-c1ccccc1F. The molecule has 0 N–H and O–H groups in total. The van der Waals surface area contributed by atoms with E-state index in [4.69, 9.17) is 9.47 Å². The van der Waals surface area contributed by atoms with Gasteiger partial charge in [-0.3, -0.25) is 4.79 Å². The fourth-order valence-electron chi connectivity index (χ4n) is 2.48. The minimum absolute atomic E-state index is 0.0627. The Morgan fingerprint density at radius 1 is 1.13 bits per heavy atom. The first-order chi connectivity index (χ1) is 11.3. The Bertz CT molecular complexity index is 907. The molecule has 7 heteroatoms. The van der Waals surface area contributed by atoms with Gasteiger partial charge in [0, 0.05) is 11.6 Å². The molecule has 0 atom stereocenters. The van der Waals surface area contributed by atoms with E-state index in [0.29, 0.717) is 23.5 Å². The molecule has 2 aromatic carbocycles. The molecular weight excluding hydrogens is 301 g/mol. The number of rotatable bonds is 3. The molecule has 23 heavy (non-hydrogen) atoms. The van der Waals surface area contributed by atoms with E-state index in [9.17, 15) is 9.18 Å². The minimum atomic E-state index is -0.458. The fourth-order valence-corrected chi connectivity index (χ4v) is 2.48. The van der Waals surface area contributed by atoms with E-state index in [1.54, 1.807) is 36.4 Å². The summed E-state index contributed by atoms with van der Waals surface area (Å²) in [6, 6.07) is 11.3. The Kier molecular flexibility index (Phi) is 3.04. The lowest BCUT2D eigenvalue weighted by molar-refractivity contribution is 0.111. The summed E-state index contributed by atoms with van der Waals surface area (Å²) >= 11 is 0. The topological polar surface area (TPSA) is 66.2 Å². The summed E-state index contributed by atoms with van der Waals surface area (Å²) < 4.78 is 26.2. The zero-order chi connectivity index (χ0) is 15.8. The third kappa shape index (κ3) is 2.13. The van der Waals surface area contributed by atoms with E-state index in [1.807, 2.05) is 0 Å². The summed E-state index contributed by atoms with van der Waals surface area (Å²) in [6.45, 7) is 0.149. The van der Waals surface area contributed by atoms with Crippen molar-refractivity contribution in [3.63, 3.8) is 0 Å². The normalized spacial score (nSPS) is 12.4. The van der Waals surface area contributed by atoms with Crippen LogP contribution in [-0.2, 0) is 0 Å². The molecule has 1 aliphatic rings. The maximum absolute atomic E-state index is 14.2. The molecule has 0 saturated carbocycles. The number of carbonyl (C=O) groups is 1. The van der Waals surface area contributed by atoms with Gasteiger partial charge in [-0.2, -0.15) is 0 Å². The van der Waals surface area contributed by atoms with Gasteiger partial charge in [0.15, 0.2) is 23.5 Å². The molecule has 114 valence electrons. The molecular formula is C16H10FN3O3. The van der Waals surface area contributed by atoms with E-state index >= 15 is 0 Å². The summed E-state index contributed by atoms with van der Waals surface area (Å²) in [5.74, 6) is 0.724. The number of hydrogen-bond donors (Lipinski definition) is 0. The van der Waals surface area contributed by atoms with Gasteiger partial charge in [-0.05, 0) is 24.3 Å². The highest BCUT2D eigenvalue weighted by atomic mass is 19.1. The van der Waals surface area contributed by atoms with E-state index in [-0.39, 0.29) is 23.7 Å². The molecule has 0 unspecified atom stereocenters. The number of halogens is 1. The van der Waals surface area contributed by atoms with Crippen molar-refractivity contribution < 1.29 is 18.7 Å². The maximum Gasteiger partial charge on any atom is 0.231 e. The number of fused-ring (bicyclic) bond motifs is 1. The zero-order valence-electron chi connectivity index (χ0n) is 11.8. The van der Waals surface area contributed by atoms with Crippen LogP contribution in [0.5, 0.6) is 11.5 Å². The minimum Gasteiger partial charge on any atom is -0.454 e. The second kappa shape index (κ2) is 5.20. The van der Waals surface area contributed by atoms with Gasteiger partial charge >= 0.3 is 0 Å². The summed E-state index contributed by atoms with van der Waals surface area (Å²) in [4.78, 5) is 11.3. The van der Waals surface area contributed by atoms with Crippen LogP contribution in [0.15, 0.2) is 42.5 Å². The first-order valence-corrected chi connectivity index (χ1v) is 6.84. The van der Waals surface area contributed by atoms with Crippen LogP contribution >= 0.6 is 0 Å². The number of ether oxygens (including phenoxy) is 2. The molecule has 0 spiro atoms. The molecule has 0 radical (unpaired) electrons. The van der Waals surface area contributed by atoms with Crippen molar-refractivity contribution in [2.75, 3.05) is 6.79 Å². The molecule has 3 aromatic rings. The summed E-state index contributed by atoms with van der Waals surface area (Å²) in [6.07, 6.45) is 0.554. The first kappa shape index (κ1) is 13.4. The van der Waals surface area contributed by atoms with E-state index in [1.165, 1.54) is 10.7 Å². The van der Waals surface area contributed by atoms with Gasteiger partial charge in [-0.1, -0.05) is 17.3 Å². The van der Waals surface area contributed by atoms with Crippen LogP contribution in [0.4, 0.5) is 4.39 Å². The Hall–Kier alpha value is -3.22. The summed E-state index contributed by atoms with van der Waals surface area (Å²) in [5, 5.41) is 7.80. The van der Waals surface area contributed by atoms with Crippen LogP contribution in [0.3, 0.4) is 0 Å². The molecule has 0 bridgehead atoms. The molecule has 0 fully saturated rings. The van der Waals surface area contributed by atoms with Crippen LogP contribution in [0.2, 0.25) is 0 Å². The number of carbonyl (C=O) groups excluding carboxylic acids is 1. The lowest BCUT2D eigenvalue weighted by atomic mass is 10.1. The average Bonchev–Trinajstić information content (AvgIpc) is 3.20. The van der Waals surface area contributed by atoms with Crippen molar-refractivity contribution in [2.24, 2.45) is 0 Å². The molecule has 0 aliphatic carbocycles. The van der Waals surface area contributed by atoms with Gasteiger partial charge in [0.25, 0.3) is 0 Å². The van der Waals surface area contributed by atoms with E-state index < -0.39 is 5.82 Å². The van der Waals surface area contributed by atoms with Gasteiger partial charge in [-0.25, -0.2) is 9.07 Å². The third-order valence-corrected chi connectivity index (χ3v) is 3.54. The van der Waals surface area contributed by atoms with Crippen LogP contribution in [-0.4, -0.2) is 28.1 Å². The number of aldehydes is 1. The molecule has 1 aliphatic heterocycles. The quantitative estimate of drug-likeness (QED) is 0.696. The van der Waals surface area contributed by atoms with Crippen molar-refractivity contribution in [2.45, 2.75) is 0 Å². The molecule has 0 amide bonds. The average molecular weight is 311 g/mol. The Morgan fingerprint density at radius 2 is 1.96 bits per heavy atom. The van der Waals surface area contributed by atoms with Crippen molar-refractivity contribution in [1.29, 1.82) is 0 Å². The summed E-state index contributed by atoms with van der Waals surface area (Å²) in [5.41, 5.74) is 1.19. The third-order valence-electron chi connectivity index (χ3n) is 3.54. The van der Waals surface area contributed by atoms with Crippen molar-refractivity contribution in [1.82, 2.24) is 15.0 Å². The Labute approximate surface area is 130 Å². The van der Waals surface area contributed by atoms with Gasteiger partial charge in [-0.15, -0.1) is 5.10 Å². The van der Waals surface area contributed by atoms with E-state index in [2.05, 4.69) is 10.3 Å². The lowest BCUT2D eigenvalue weighted by Crippen LogP contribution is -2.01. The predicted octanol–water partition coefficient (Wildman–Crippen LogP) is 2.61. The zero-order valence-corrected chi connectivity index (χ0v) is 11.8. The van der Waals surface area contributed by atoms with Crippen LogP contribution in [0.1, 0.15) is 10.5 Å². The standard InChI is InChI=1S/C16H10FN3O3/c17-12-4-2-1-3-11(12)16-13(8-21)18-19-20(16)10-5-6-14-15(7-10)23-9-22-14/h1-8H,9H2. The number of aromatic nitrogens is 3. The number of benzene rings is 2. The van der Waals surface area contributed by atoms with Crippen molar-refractivity contribution in [3.05, 3.63) is 54.0 Å². The fraction of sp³-hybridized carbons (Fsp3) is 0.0625. The second-order valence-corrected chi connectivity index (χ2v) is 4.87. The van der Waals surface area contributed by atoms with Crippen LogP contribution in [0, 0.1) is 5.82 Å². The van der Waals surface area contributed by atoms with Gasteiger partial charge in [0.05, 0.1) is 5.69 Å². The van der Waals surface area contributed by atoms with E-state index in [0.717, 1.165) is 0 Å². The highest BCUT2D eigenvalue weighted by molar-refractivity contribution is 5.84. The van der Waals surface area contributed by atoms with Gasteiger partial charge in [0.2, 0.25) is 6.79 Å².